The molecule has 0 bridgehead atoms. The van der Waals surface area contributed by atoms with Gasteiger partial charge in [-0.2, -0.15) is 0 Å². The molecule has 2 rings (SSSR count). The van der Waals surface area contributed by atoms with Crippen LogP contribution in [0, 0.1) is 0 Å². The van der Waals surface area contributed by atoms with E-state index in [0.29, 0.717) is 6.04 Å². The molecule has 1 atom stereocenters. The van der Waals surface area contributed by atoms with E-state index in [9.17, 15) is 0 Å². The van der Waals surface area contributed by atoms with Crippen LogP contribution in [0.1, 0.15) is 29.3 Å². The molecule has 0 amide bonds. The minimum Gasteiger partial charge on any atom is -0.303 e. The van der Waals surface area contributed by atoms with E-state index in [1.165, 1.54) is 4.88 Å². The SMILES string of the molecule is CCC(NCc1nccs1)c1cccs1. The summed E-state index contributed by atoms with van der Waals surface area (Å²) >= 11 is 3.52. The molecule has 80 valence electrons. The van der Waals surface area contributed by atoms with Gasteiger partial charge in [0, 0.05) is 29.0 Å². The highest BCUT2D eigenvalue weighted by molar-refractivity contribution is 7.10. The Morgan fingerprint density at radius 2 is 2.33 bits per heavy atom. The Kier molecular flexibility index (Phi) is 3.88. The Hall–Kier alpha value is -0.710. The maximum atomic E-state index is 4.26. The summed E-state index contributed by atoms with van der Waals surface area (Å²) in [5, 5.41) is 8.83. The van der Waals surface area contributed by atoms with Crippen LogP contribution < -0.4 is 5.32 Å². The number of nitrogens with one attached hydrogen (secondary N) is 1. The summed E-state index contributed by atoms with van der Waals surface area (Å²) in [6, 6.07) is 4.76. The number of thiazole rings is 1. The highest BCUT2D eigenvalue weighted by Crippen LogP contribution is 2.22. The minimum absolute atomic E-state index is 0.467. The lowest BCUT2D eigenvalue weighted by Crippen LogP contribution is -2.19. The third kappa shape index (κ3) is 2.87. The third-order valence-corrected chi connectivity index (χ3v) is 4.04. The molecule has 1 unspecified atom stereocenters. The Labute approximate surface area is 98.0 Å². The van der Waals surface area contributed by atoms with E-state index >= 15 is 0 Å². The Balaban J connectivity index is 1.92. The summed E-state index contributed by atoms with van der Waals surface area (Å²) in [5.41, 5.74) is 0. The van der Waals surface area contributed by atoms with Crippen molar-refractivity contribution in [3.8, 4) is 0 Å². The van der Waals surface area contributed by atoms with Crippen molar-refractivity contribution < 1.29 is 0 Å². The molecule has 1 N–H and O–H groups in total. The number of nitrogens with zero attached hydrogens (tertiary/aromatic N) is 1. The fraction of sp³-hybridized carbons (Fsp3) is 0.364. The number of hydrogen-bond donors (Lipinski definition) is 1. The molecule has 2 aromatic rings. The smallest absolute Gasteiger partial charge is 0.106 e. The van der Waals surface area contributed by atoms with Crippen LogP contribution in [0.4, 0.5) is 0 Å². The van der Waals surface area contributed by atoms with Gasteiger partial charge >= 0.3 is 0 Å². The van der Waals surface area contributed by atoms with E-state index in [0.717, 1.165) is 18.0 Å². The topological polar surface area (TPSA) is 24.9 Å². The van der Waals surface area contributed by atoms with E-state index in [-0.39, 0.29) is 0 Å². The van der Waals surface area contributed by atoms with Crippen molar-refractivity contribution >= 4 is 22.7 Å². The minimum atomic E-state index is 0.467. The Morgan fingerprint density at radius 3 is 2.93 bits per heavy atom. The van der Waals surface area contributed by atoms with Gasteiger partial charge in [0.05, 0.1) is 0 Å². The average molecular weight is 238 g/mol. The monoisotopic (exact) mass is 238 g/mol. The first kappa shape index (κ1) is 10.8. The van der Waals surface area contributed by atoms with Crippen LogP contribution in [0.5, 0.6) is 0 Å². The molecule has 0 aliphatic rings. The second-order valence-corrected chi connectivity index (χ2v) is 5.24. The fourth-order valence-electron chi connectivity index (χ4n) is 1.49. The Bertz CT molecular complexity index is 367. The zero-order chi connectivity index (χ0) is 10.5. The summed E-state index contributed by atoms with van der Waals surface area (Å²) in [6.45, 7) is 3.08. The molecule has 2 heterocycles. The van der Waals surface area contributed by atoms with E-state index in [2.05, 4.69) is 34.7 Å². The van der Waals surface area contributed by atoms with E-state index < -0.39 is 0 Å². The maximum Gasteiger partial charge on any atom is 0.106 e. The zero-order valence-electron chi connectivity index (χ0n) is 8.64. The van der Waals surface area contributed by atoms with Crippen LogP contribution in [0.3, 0.4) is 0 Å². The van der Waals surface area contributed by atoms with Crippen molar-refractivity contribution in [1.82, 2.24) is 10.3 Å². The van der Waals surface area contributed by atoms with E-state index in [1.807, 2.05) is 22.9 Å². The second kappa shape index (κ2) is 5.39. The van der Waals surface area contributed by atoms with Crippen molar-refractivity contribution in [3.05, 3.63) is 39.0 Å². The second-order valence-electron chi connectivity index (χ2n) is 3.28. The van der Waals surface area contributed by atoms with Gasteiger partial charge < -0.3 is 5.32 Å². The van der Waals surface area contributed by atoms with Gasteiger partial charge in [0.25, 0.3) is 0 Å². The number of rotatable bonds is 5. The molecule has 0 aromatic carbocycles. The fourth-order valence-corrected chi connectivity index (χ4v) is 2.94. The molecule has 0 fully saturated rings. The van der Waals surface area contributed by atoms with Crippen molar-refractivity contribution in [2.75, 3.05) is 0 Å². The van der Waals surface area contributed by atoms with Gasteiger partial charge in [0.2, 0.25) is 0 Å². The predicted octanol–water partition coefficient (Wildman–Crippen LogP) is 3.45. The number of thiophene rings is 1. The third-order valence-electron chi connectivity index (χ3n) is 2.28. The molecule has 0 saturated heterocycles. The molecular weight excluding hydrogens is 224 g/mol. The molecule has 0 spiro atoms. The van der Waals surface area contributed by atoms with Crippen molar-refractivity contribution in [3.63, 3.8) is 0 Å². The highest BCUT2D eigenvalue weighted by atomic mass is 32.1. The first-order valence-corrected chi connectivity index (χ1v) is 6.81. The summed E-state index contributed by atoms with van der Waals surface area (Å²) in [4.78, 5) is 5.67. The molecule has 15 heavy (non-hydrogen) atoms. The van der Waals surface area contributed by atoms with Crippen molar-refractivity contribution in [2.24, 2.45) is 0 Å². The normalized spacial score (nSPS) is 12.9. The van der Waals surface area contributed by atoms with E-state index in [1.54, 1.807) is 11.3 Å². The summed E-state index contributed by atoms with van der Waals surface area (Å²) < 4.78 is 0. The summed E-state index contributed by atoms with van der Waals surface area (Å²) in [6.07, 6.45) is 2.97. The van der Waals surface area contributed by atoms with Gasteiger partial charge in [0.15, 0.2) is 0 Å². The van der Waals surface area contributed by atoms with Crippen LogP contribution in [0.15, 0.2) is 29.1 Å². The molecule has 2 aromatic heterocycles. The van der Waals surface area contributed by atoms with Crippen LogP contribution in [-0.4, -0.2) is 4.98 Å². The van der Waals surface area contributed by atoms with Gasteiger partial charge in [-0.1, -0.05) is 13.0 Å². The number of aromatic nitrogens is 1. The molecule has 0 saturated carbocycles. The molecule has 2 nitrogen and oxygen atoms in total. The van der Waals surface area contributed by atoms with Gasteiger partial charge in [-0.15, -0.1) is 22.7 Å². The molecular formula is C11H14N2S2. The van der Waals surface area contributed by atoms with Gasteiger partial charge in [0.1, 0.15) is 5.01 Å². The number of hydrogen-bond acceptors (Lipinski definition) is 4. The standard InChI is InChI=1S/C11H14N2S2/c1-2-9(10-4-3-6-14-10)13-8-11-12-5-7-15-11/h3-7,9,13H,2,8H2,1H3. The lowest BCUT2D eigenvalue weighted by molar-refractivity contribution is 0.525. The quantitative estimate of drug-likeness (QED) is 0.863. The van der Waals surface area contributed by atoms with Crippen LogP contribution in [0.25, 0.3) is 0 Å². The van der Waals surface area contributed by atoms with Crippen LogP contribution in [0.2, 0.25) is 0 Å². The first-order valence-electron chi connectivity index (χ1n) is 5.05. The lowest BCUT2D eigenvalue weighted by Gasteiger charge is -2.14. The molecule has 0 aliphatic heterocycles. The average Bonchev–Trinajstić information content (AvgIpc) is 2.90. The predicted molar refractivity (Wildman–Crippen MR) is 66.3 cm³/mol. The van der Waals surface area contributed by atoms with Gasteiger partial charge in [-0.3, -0.25) is 0 Å². The summed E-state index contributed by atoms with van der Waals surface area (Å²) in [5.74, 6) is 0. The maximum absolute atomic E-state index is 4.26. The molecule has 4 heteroatoms. The summed E-state index contributed by atoms with van der Waals surface area (Å²) in [7, 11) is 0. The van der Waals surface area contributed by atoms with E-state index in [4.69, 9.17) is 0 Å². The largest absolute Gasteiger partial charge is 0.303 e. The molecule has 0 radical (unpaired) electrons. The Morgan fingerprint density at radius 1 is 1.40 bits per heavy atom. The van der Waals surface area contributed by atoms with Gasteiger partial charge in [-0.05, 0) is 17.9 Å². The van der Waals surface area contributed by atoms with Crippen LogP contribution >= 0.6 is 22.7 Å². The zero-order valence-corrected chi connectivity index (χ0v) is 10.3. The van der Waals surface area contributed by atoms with Crippen molar-refractivity contribution in [1.29, 1.82) is 0 Å². The highest BCUT2D eigenvalue weighted by Gasteiger charge is 2.09. The first-order chi connectivity index (χ1) is 7.40. The van der Waals surface area contributed by atoms with Crippen LogP contribution in [-0.2, 0) is 6.54 Å². The molecule has 0 aliphatic carbocycles. The lowest BCUT2D eigenvalue weighted by atomic mass is 10.2. The van der Waals surface area contributed by atoms with Crippen molar-refractivity contribution in [2.45, 2.75) is 25.9 Å². The van der Waals surface area contributed by atoms with Gasteiger partial charge in [-0.25, -0.2) is 4.98 Å².